The Labute approximate surface area is 125 Å². The molecule has 2 aliphatic rings. The molecule has 1 aliphatic carbocycles. The van der Waals surface area contributed by atoms with E-state index in [2.05, 4.69) is 13.8 Å². The Hall–Kier alpha value is -1.61. The summed E-state index contributed by atoms with van der Waals surface area (Å²) in [5.74, 6) is -0.451. The normalized spacial score (nSPS) is 31.6. The van der Waals surface area contributed by atoms with Crippen LogP contribution >= 0.6 is 0 Å². The summed E-state index contributed by atoms with van der Waals surface area (Å²) in [6, 6.07) is 9.93. The van der Waals surface area contributed by atoms with E-state index in [1.165, 1.54) is 0 Å². The van der Waals surface area contributed by atoms with Crippen LogP contribution in [0.5, 0.6) is 0 Å². The average molecular weight is 286 g/mol. The summed E-state index contributed by atoms with van der Waals surface area (Å²) in [5, 5.41) is 10.4. The van der Waals surface area contributed by atoms with Crippen molar-refractivity contribution in [3.8, 4) is 0 Å². The Morgan fingerprint density at radius 1 is 1.14 bits per heavy atom. The molecule has 21 heavy (non-hydrogen) atoms. The van der Waals surface area contributed by atoms with Gasteiger partial charge in [-0.3, -0.25) is 4.79 Å². The zero-order valence-corrected chi connectivity index (χ0v) is 12.8. The zero-order valence-electron chi connectivity index (χ0n) is 12.8. The number of benzene rings is 1. The van der Waals surface area contributed by atoms with Crippen LogP contribution in [0.1, 0.15) is 51.5 Å². The molecular formula is C18H22O3. The fraction of sp³-hybridized carbons (Fsp3) is 0.500. The first kappa shape index (κ1) is 14.3. The second-order valence-corrected chi connectivity index (χ2v) is 7.22. The predicted molar refractivity (Wildman–Crippen MR) is 80.6 cm³/mol. The second-order valence-electron chi connectivity index (χ2n) is 7.22. The Bertz CT molecular complexity index is 592. The predicted octanol–water partition coefficient (Wildman–Crippen LogP) is 3.54. The minimum atomic E-state index is -1.22. The Kier molecular flexibility index (Phi) is 3.21. The van der Waals surface area contributed by atoms with Gasteiger partial charge in [-0.25, -0.2) is 0 Å². The maximum absolute atomic E-state index is 12.6. The maximum atomic E-state index is 12.6. The lowest BCUT2D eigenvalue weighted by Crippen LogP contribution is -2.41. The smallest absolute Gasteiger partial charge is 0.205 e. The first-order chi connectivity index (χ1) is 9.77. The van der Waals surface area contributed by atoms with E-state index in [-0.39, 0.29) is 17.1 Å². The number of hydrogen-bond donors (Lipinski definition) is 1. The van der Waals surface area contributed by atoms with Gasteiger partial charge in [-0.1, -0.05) is 44.2 Å². The van der Waals surface area contributed by atoms with Gasteiger partial charge in [0.2, 0.25) is 5.79 Å². The van der Waals surface area contributed by atoms with Crippen molar-refractivity contribution in [3.05, 3.63) is 47.2 Å². The third kappa shape index (κ3) is 2.75. The van der Waals surface area contributed by atoms with Gasteiger partial charge in [-0.15, -0.1) is 0 Å². The Morgan fingerprint density at radius 2 is 1.81 bits per heavy atom. The summed E-state index contributed by atoms with van der Waals surface area (Å²) in [5.41, 5.74) is 1.73. The van der Waals surface area contributed by atoms with Gasteiger partial charge < -0.3 is 9.84 Å². The molecule has 0 saturated heterocycles. The molecule has 1 unspecified atom stereocenters. The van der Waals surface area contributed by atoms with E-state index >= 15 is 0 Å². The molecule has 0 bridgehead atoms. The Morgan fingerprint density at radius 3 is 2.48 bits per heavy atom. The van der Waals surface area contributed by atoms with Gasteiger partial charge in [0.05, 0.1) is 0 Å². The zero-order chi connectivity index (χ0) is 15.3. The minimum absolute atomic E-state index is 0.0754. The number of hydrogen-bond acceptors (Lipinski definition) is 3. The van der Waals surface area contributed by atoms with Crippen LogP contribution in [0.15, 0.2) is 41.7 Å². The number of Topliss-reactive ketones (excluding diaryl/α,β-unsaturated/α-hetero) is 1. The van der Waals surface area contributed by atoms with Crippen molar-refractivity contribution in [2.75, 3.05) is 0 Å². The fourth-order valence-corrected chi connectivity index (χ4v) is 3.52. The molecule has 112 valence electrons. The van der Waals surface area contributed by atoms with Crippen molar-refractivity contribution >= 4 is 5.78 Å². The summed E-state index contributed by atoms with van der Waals surface area (Å²) >= 11 is 0. The maximum Gasteiger partial charge on any atom is 0.205 e. The van der Waals surface area contributed by atoms with Gasteiger partial charge in [0.1, 0.15) is 5.76 Å². The van der Waals surface area contributed by atoms with Crippen molar-refractivity contribution in [1.29, 1.82) is 0 Å². The average Bonchev–Trinajstić information content (AvgIpc) is 2.35. The first-order valence-corrected chi connectivity index (χ1v) is 7.50. The van der Waals surface area contributed by atoms with Crippen LogP contribution < -0.4 is 0 Å². The third-order valence-corrected chi connectivity index (χ3v) is 4.36. The molecule has 1 N–H and O–H groups in total. The van der Waals surface area contributed by atoms with Crippen LogP contribution in [0.2, 0.25) is 0 Å². The van der Waals surface area contributed by atoms with Crippen molar-refractivity contribution in [3.63, 3.8) is 0 Å². The van der Waals surface area contributed by atoms with E-state index in [0.717, 1.165) is 11.1 Å². The van der Waals surface area contributed by atoms with E-state index in [9.17, 15) is 9.90 Å². The summed E-state index contributed by atoms with van der Waals surface area (Å²) < 4.78 is 5.75. The van der Waals surface area contributed by atoms with Gasteiger partial charge in [-0.05, 0) is 11.0 Å². The minimum Gasteiger partial charge on any atom is -0.467 e. The molecule has 1 heterocycles. The lowest BCUT2D eigenvalue weighted by molar-refractivity contribution is -0.184. The van der Waals surface area contributed by atoms with Crippen LogP contribution in [0.4, 0.5) is 0 Å². The van der Waals surface area contributed by atoms with Gasteiger partial charge in [0.25, 0.3) is 0 Å². The molecule has 0 radical (unpaired) electrons. The second kappa shape index (κ2) is 4.70. The summed E-state index contributed by atoms with van der Waals surface area (Å²) in [7, 11) is 0. The number of rotatable bonds is 1. The van der Waals surface area contributed by atoms with Crippen molar-refractivity contribution < 1.29 is 14.6 Å². The molecular weight excluding hydrogens is 264 g/mol. The highest BCUT2D eigenvalue weighted by Crippen LogP contribution is 2.48. The third-order valence-electron chi connectivity index (χ3n) is 4.36. The number of allylic oxidation sites excluding steroid dienone is 2. The van der Waals surface area contributed by atoms with Crippen molar-refractivity contribution in [2.45, 2.75) is 51.7 Å². The first-order valence-electron chi connectivity index (χ1n) is 7.50. The monoisotopic (exact) mass is 286 g/mol. The number of carbonyl (C=O) groups excluding carboxylic acids is 1. The van der Waals surface area contributed by atoms with Crippen LogP contribution in [-0.2, 0) is 9.53 Å². The number of carbonyl (C=O) groups is 1. The van der Waals surface area contributed by atoms with E-state index in [0.29, 0.717) is 25.0 Å². The summed E-state index contributed by atoms with van der Waals surface area (Å²) in [6.07, 6.45) is 1.66. The lowest BCUT2D eigenvalue weighted by Gasteiger charge is -2.43. The van der Waals surface area contributed by atoms with Gasteiger partial charge in [0.15, 0.2) is 5.78 Å². The molecule has 1 aromatic rings. The lowest BCUT2D eigenvalue weighted by atomic mass is 9.70. The van der Waals surface area contributed by atoms with Gasteiger partial charge in [-0.2, -0.15) is 0 Å². The molecule has 0 spiro atoms. The van der Waals surface area contributed by atoms with Crippen molar-refractivity contribution in [1.82, 2.24) is 0 Å². The van der Waals surface area contributed by atoms with Crippen LogP contribution in [-0.4, -0.2) is 16.7 Å². The summed E-state index contributed by atoms with van der Waals surface area (Å²) in [4.78, 5) is 12.6. The highest BCUT2D eigenvalue weighted by molar-refractivity contribution is 5.98. The number of ketones is 1. The van der Waals surface area contributed by atoms with Gasteiger partial charge >= 0.3 is 0 Å². The van der Waals surface area contributed by atoms with E-state index in [1.54, 1.807) is 6.92 Å². The summed E-state index contributed by atoms with van der Waals surface area (Å²) in [6.45, 7) is 5.82. The molecule has 2 atom stereocenters. The van der Waals surface area contributed by atoms with Crippen LogP contribution in [0.3, 0.4) is 0 Å². The molecule has 1 aliphatic heterocycles. The highest BCUT2D eigenvalue weighted by Gasteiger charge is 2.45. The van der Waals surface area contributed by atoms with E-state index in [1.807, 2.05) is 30.3 Å². The standard InChI is InChI=1S/C18H22O3/c1-17(2)10-14(19)16-13(12-7-5-4-6-8-12)9-18(3,20)21-15(16)11-17/h4-8,13,20H,9-11H2,1-3H3/t13-,18?/m1/s1. The molecule has 0 fully saturated rings. The van der Waals surface area contributed by atoms with Crippen LogP contribution in [0, 0.1) is 5.41 Å². The molecule has 3 nitrogen and oxygen atoms in total. The Balaban J connectivity index is 2.09. The number of ether oxygens (including phenoxy) is 1. The topological polar surface area (TPSA) is 46.5 Å². The van der Waals surface area contributed by atoms with Crippen molar-refractivity contribution in [2.24, 2.45) is 5.41 Å². The molecule has 0 amide bonds. The molecule has 3 heteroatoms. The molecule has 0 aromatic heterocycles. The largest absolute Gasteiger partial charge is 0.467 e. The fourth-order valence-electron chi connectivity index (χ4n) is 3.52. The van der Waals surface area contributed by atoms with Crippen LogP contribution in [0.25, 0.3) is 0 Å². The molecule has 1 aromatic carbocycles. The highest BCUT2D eigenvalue weighted by atomic mass is 16.6. The SMILES string of the molecule is CC1(C)CC(=O)C2=C(C1)OC(C)(O)C[C@@H]2c1ccccc1. The van der Waals surface area contributed by atoms with E-state index in [4.69, 9.17) is 4.74 Å². The van der Waals surface area contributed by atoms with E-state index < -0.39 is 5.79 Å². The molecule has 0 saturated carbocycles. The molecule has 3 rings (SSSR count). The quantitative estimate of drug-likeness (QED) is 0.859. The number of aliphatic hydroxyl groups is 1. The van der Waals surface area contributed by atoms with Gasteiger partial charge in [0, 0.05) is 37.7 Å².